The van der Waals surface area contributed by atoms with Crippen molar-refractivity contribution in [2.75, 3.05) is 30.9 Å². The van der Waals surface area contributed by atoms with Gasteiger partial charge < -0.3 is 15.0 Å². The molecule has 0 spiro atoms. The number of amides is 1. The van der Waals surface area contributed by atoms with Crippen LogP contribution in [0.5, 0.6) is 0 Å². The van der Waals surface area contributed by atoms with Gasteiger partial charge in [0.2, 0.25) is 0 Å². The number of hydrogen-bond acceptors (Lipinski definition) is 6. The summed E-state index contributed by atoms with van der Waals surface area (Å²) in [7, 11) is 3.71. The third-order valence-electron chi connectivity index (χ3n) is 4.04. The Morgan fingerprint density at radius 2 is 1.89 bits per heavy atom. The third kappa shape index (κ3) is 5.06. The fourth-order valence-corrected chi connectivity index (χ4v) is 2.54. The number of ether oxygens (including phenoxy) is 1. The number of nitro groups is 1. The van der Waals surface area contributed by atoms with Crippen LogP contribution in [0.1, 0.15) is 40.5 Å². The first-order chi connectivity index (χ1) is 13.3. The Kier molecular flexibility index (Phi) is 7.08. The molecular weight excluding hydrogens is 362 g/mol. The van der Waals surface area contributed by atoms with Crippen LogP contribution in [0.4, 0.5) is 17.1 Å². The van der Waals surface area contributed by atoms with E-state index >= 15 is 0 Å². The van der Waals surface area contributed by atoms with Gasteiger partial charge in [-0.3, -0.25) is 14.9 Å². The quantitative estimate of drug-likeness (QED) is 0.320. The maximum Gasteiger partial charge on any atom is 0.339 e. The fourth-order valence-electron chi connectivity index (χ4n) is 2.54. The fraction of sp³-hybridized carbons (Fsp3) is 0.300. The lowest BCUT2D eigenvalue weighted by Crippen LogP contribution is -2.20. The van der Waals surface area contributed by atoms with Gasteiger partial charge in [-0.25, -0.2) is 4.79 Å². The average Bonchev–Trinajstić information content (AvgIpc) is 2.67. The lowest BCUT2D eigenvalue weighted by molar-refractivity contribution is -0.385. The normalized spacial score (nSPS) is 10.2. The van der Waals surface area contributed by atoms with Crippen molar-refractivity contribution in [3.05, 3.63) is 63.7 Å². The molecule has 0 aromatic heterocycles. The zero-order chi connectivity index (χ0) is 20.7. The van der Waals surface area contributed by atoms with E-state index in [0.717, 1.165) is 12.1 Å². The molecule has 0 atom stereocenters. The van der Waals surface area contributed by atoms with Crippen LogP contribution in [0.2, 0.25) is 0 Å². The van der Waals surface area contributed by atoms with E-state index in [1.165, 1.54) is 18.2 Å². The molecule has 0 aliphatic heterocycles. The molecule has 0 radical (unpaired) electrons. The highest BCUT2D eigenvalue weighted by Crippen LogP contribution is 2.25. The second-order valence-electron chi connectivity index (χ2n) is 6.35. The van der Waals surface area contributed by atoms with Gasteiger partial charge in [0.15, 0.2) is 0 Å². The Labute approximate surface area is 163 Å². The molecule has 0 fully saturated rings. The minimum absolute atomic E-state index is 0.133. The summed E-state index contributed by atoms with van der Waals surface area (Å²) in [5.41, 5.74) is 0.404. The minimum atomic E-state index is -0.760. The van der Waals surface area contributed by atoms with Crippen LogP contribution in [0.25, 0.3) is 0 Å². The summed E-state index contributed by atoms with van der Waals surface area (Å²) in [6.45, 7) is 2.13. The SMILES string of the molecule is CCCCOC(=O)c1cccc([N+](=O)[O-])c1C(=O)Nc1cccc(N(C)C)c1. The zero-order valence-corrected chi connectivity index (χ0v) is 16.1. The van der Waals surface area contributed by atoms with Gasteiger partial charge in [-0.15, -0.1) is 0 Å². The Morgan fingerprint density at radius 3 is 2.54 bits per heavy atom. The van der Waals surface area contributed by atoms with E-state index in [0.29, 0.717) is 12.1 Å². The lowest BCUT2D eigenvalue weighted by Gasteiger charge is -2.14. The van der Waals surface area contributed by atoms with Gasteiger partial charge in [-0.2, -0.15) is 0 Å². The largest absolute Gasteiger partial charge is 0.462 e. The van der Waals surface area contributed by atoms with Crippen LogP contribution in [0.15, 0.2) is 42.5 Å². The average molecular weight is 385 g/mol. The summed E-state index contributed by atoms with van der Waals surface area (Å²) in [5, 5.41) is 14.1. The van der Waals surface area contributed by atoms with Crippen LogP contribution in [-0.4, -0.2) is 37.5 Å². The van der Waals surface area contributed by atoms with Gasteiger partial charge in [0, 0.05) is 31.5 Å². The number of unbranched alkanes of at least 4 members (excludes halogenated alkanes) is 1. The molecule has 0 aliphatic rings. The van der Waals surface area contributed by atoms with Gasteiger partial charge in [-0.05, 0) is 30.7 Å². The number of anilines is 2. The van der Waals surface area contributed by atoms with Crippen molar-refractivity contribution in [1.82, 2.24) is 0 Å². The standard InChI is InChI=1S/C20H23N3O5/c1-4-5-12-28-20(25)16-10-7-11-17(23(26)27)18(16)19(24)21-14-8-6-9-15(13-14)22(2)3/h6-11,13H,4-5,12H2,1-3H3,(H,21,24). The Balaban J connectivity index is 2.38. The third-order valence-corrected chi connectivity index (χ3v) is 4.04. The second kappa shape index (κ2) is 9.50. The van der Waals surface area contributed by atoms with Gasteiger partial charge in [0.1, 0.15) is 5.56 Å². The van der Waals surface area contributed by atoms with E-state index in [-0.39, 0.29) is 17.7 Å². The first-order valence-corrected chi connectivity index (χ1v) is 8.88. The number of nitro benzene ring substituents is 1. The Morgan fingerprint density at radius 1 is 1.18 bits per heavy atom. The molecule has 2 rings (SSSR count). The van der Waals surface area contributed by atoms with Crippen molar-refractivity contribution >= 4 is 28.9 Å². The molecule has 148 valence electrons. The molecule has 0 bridgehead atoms. The molecule has 8 heteroatoms. The first-order valence-electron chi connectivity index (χ1n) is 8.88. The van der Waals surface area contributed by atoms with Crippen molar-refractivity contribution in [2.45, 2.75) is 19.8 Å². The number of nitrogens with one attached hydrogen (secondary N) is 1. The predicted molar refractivity (Wildman–Crippen MR) is 107 cm³/mol. The van der Waals surface area contributed by atoms with Crippen molar-refractivity contribution < 1.29 is 19.2 Å². The Hall–Kier alpha value is -3.42. The summed E-state index contributed by atoms with van der Waals surface area (Å²) in [6.07, 6.45) is 1.50. The van der Waals surface area contributed by atoms with Crippen LogP contribution in [-0.2, 0) is 4.74 Å². The first kappa shape index (κ1) is 20.9. The van der Waals surface area contributed by atoms with Gasteiger partial charge in [0.25, 0.3) is 11.6 Å². The number of carbonyl (C=O) groups is 2. The highest BCUT2D eigenvalue weighted by atomic mass is 16.6. The van der Waals surface area contributed by atoms with Gasteiger partial charge >= 0.3 is 5.97 Å². The lowest BCUT2D eigenvalue weighted by atomic mass is 10.0. The molecule has 0 saturated heterocycles. The summed E-state index contributed by atoms with van der Waals surface area (Å²) in [4.78, 5) is 37.8. The van der Waals surface area contributed by atoms with E-state index in [2.05, 4.69) is 5.32 Å². The van der Waals surface area contributed by atoms with Crippen LogP contribution >= 0.6 is 0 Å². The maximum atomic E-state index is 12.8. The van der Waals surface area contributed by atoms with Crippen molar-refractivity contribution in [3.63, 3.8) is 0 Å². The van der Waals surface area contributed by atoms with Crippen molar-refractivity contribution in [1.29, 1.82) is 0 Å². The topological polar surface area (TPSA) is 102 Å². The molecule has 1 N–H and O–H groups in total. The molecule has 2 aromatic carbocycles. The molecule has 0 saturated carbocycles. The number of esters is 1. The van der Waals surface area contributed by atoms with Crippen LogP contribution in [0, 0.1) is 10.1 Å². The van der Waals surface area contributed by atoms with E-state index in [9.17, 15) is 19.7 Å². The highest BCUT2D eigenvalue weighted by Gasteiger charge is 2.28. The predicted octanol–water partition coefficient (Wildman–Crippen LogP) is 3.87. The number of carbonyl (C=O) groups excluding carboxylic acids is 2. The number of rotatable bonds is 8. The summed E-state index contributed by atoms with van der Waals surface area (Å²) < 4.78 is 5.15. The minimum Gasteiger partial charge on any atom is -0.462 e. The monoisotopic (exact) mass is 385 g/mol. The Bertz CT molecular complexity index is 880. The van der Waals surface area contributed by atoms with Gasteiger partial charge in [0.05, 0.1) is 17.1 Å². The second-order valence-corrected chi connectivity index (χ2v) is 6.35. The molecule has 0 unspecified atom stereocenters. The van der Waals surface area contributed by atoms with Gasteiger partial charge in [-0.1, -0.05) is 25.5 Å². The molecule has 0 aliphatic carbocycles. The summed E-state index contributed by atoms with van der Waals surface area (Å²) >= 11 is 0. The molecule has 8 nitrogen and oxygen atoms in total. The summed E-state index contributed by atoms with van der Waals surface area (Å²) in [5.74, 6) is -1.50. The number of nitrogens with zero attached hydrogens (tertiary/aromatic N) is 2. The van der Waals surface area contributed by atoms with E-state index in [1.54, 1.807) is 18.2 Å². The van der Waals surface area contributed by atoms with Crippen LogP contribution < -0.4 is 10.2 Å². The van der Waals surface area contributed by atoms with Crippen LogP contribution in [0.3, 0.4) is 0 Å². The summed E-state index contributed by atoms with van der Waals surface area (Å²) in [6, 6.07) is 10.9. The smallest absolute Gasteiger partial charge is 0.339 e. The van der Waals surface area contributed by atoms with Crippen molar-refractivity contribution in [2.24, 2.45) is 0 Å². The van der Waals surface area contributed by atoms with E-state index in [4.69, 9.17) is 4.74 Å². The molecular formula is C20H23N3O5. The molecule has 28 heavy (non-hydrogen) atoms. The van der Waals surface area contributed by atoms with E-state index < -0.39 is 22.5 Å². The molecule has 0 heterocycles. The van der Waals surface area contributed by atoms with E-state index in [1.807, 2.05) is 32.0 Å². The zero-order valence-electron chi connectivity index (χ0n) is 16.1. The molecule has 1 amide bonds. The molecule has 2 aromatic rings. The number of benzene rings is 2. The maximum absolute atomic E-state index is 12.8. The highest BCUT2D eigenvalue weighted by molar-refractivity contribution is 6.13. The number of hydrogen-bond donors (Lipinski definition) is 1. The van der Waals surface area contributed by atoms with Crippen molar-refractivity contribution in [3.8, 4) is 0 Å².